The van der Waals surface area contributed by atoms with Crippen molar-refractivity contribution in [2.45, 2.75) is 18.9 Å². The van der Waals surface area contributed by atoms with Gasteiger partial charge in [-0.2, -0.15) is 0 Å². The molecule has 0 aromatic rings. The summed E-state index contributed by atoms with van der Waals surface area (Å²) in [5.74, 6) is -0.776. The number of carboxylic acids is 1. The normalized spacial score (nSPS) is 21.1. The Labute approximate surface area is 113 Å². The summed E-state index contributed by atoms with van der Waals surface area (Å²) in [6.07, 6.45) is -0.318. The smallest absolute Gasteiger partial charge is 0.332 e. The van der Waals surface area contributed by atoms with Crippen LogP contribution in [0.25, 0.3) is 0 Å². The molecule has 2 atom stereocenters. The van der Waals surface area contributed by atoms with Gasteiger partial charge in [0.25, 0.3) is 0 Å². The summed E-state index contributed by atoms with van der Waals surface area (Å²) >= 11 is 0. The van der Waals surface area contributed by atoms with Crippen molar-refractivity contribution in [2.24, 2.45) is 5.92 Å². The van der Waals surface area contributed by atoms with E-state index in [0.717, 1.165) is 19.5 Å². The predicted molar refractivity (Wildman–Crippen MR) is 69.9 cm³/mol. The van der Waals surface area contributed by atoms with Crippen molar-refractivity contribution in [3.8, 4) is 0 Å². The second-order valence-electron chi connectivity index (χ2n) is 5.17. The quantitative estimate of drug-likeness (QED) is 0.602. The van der Waals surface area contributed by atoms with Crippen LogP contribution in [0.5, 0.6) is 0 Å². The molecule has 1 aliphatic rings. The van der Waals surface area contributed by atoms with E-state index >= 15 is 0 Å². The third-order valence-electron chi connectivity index (χ3n) is 3.35. The molecule has 2 amide bonds. The van der Waals surface area contributed by atoms with Crippen molar-refractivity contribution >= 4 is 12.0 Å². The summed E-state index contributed by atoms with van der Waals surface area (Å²) in [5, 5.41) is 20.2. The summed E-state index contributed by atoms with van der Waals surface area (Å²) in [6.45, 7) is 2.90. The molecule has 7 heteroatoms. The molecule has 1 saturated heterocycles. The number of amides is 2. The number of aliphatic carboxylic acids is 1. The number of rotatable bonds is 6. The lowest BCUT2D eigenvalue weighted by atomic mass is 10.1. The number of carboxylic acid groups (broad SMARTS) is 1. The van der Waals surface area contributed by atoms with Gasteiger partial charge in [0.2, 0.25) is 0 Å². The highest BCUT2D eigenvalue weighted by Crippen LogP contribution is 2.14. The zero-order valence-corrected chi connectivity index (χ0v) is 11.5. The number of aliphatic hydroxyl groups excluding tert-OH is 1. The summed E-state index contributed by atoms with van der Waals surface area (Å²) < 4.78 is 0. The van der Waals surface area contributed by atoms with Crippen LogP contribution in [-0.2, 0) is 4.79 Å². The van der Waals surface area contributed by atoms with Gasteiger partial charge in [0.1, 0.15) is 0 Å². The minimum absolute atomic E-state index is 0.0150. The van der Waals surface area contributed by atoms with E-state index in [9.17, 15) is 9.59 Å². The first kappa shape index (κ1) is 15.7. The Morgan fingerprint density at radius 1 is 1.53 bits per heavy atom. The van der Waals surface area contributed by atoms with Crippen LogP contribution in [0, 0.1) is 5.92 Å². The Balaban J connectivity index is 2.19. The molecule has 0 spiro atoms. The van der Waals surface area contributed by atoms with E-state index in [2.05, 4.69) is 17.3 Å². The van der Waals surface area contributed by atoms with Crippen LogP contribution < -0.4 is 5.32 Å². The molecule has 110 valence electrons. The molecule has 0 aromatic carbocycles. The minimum atomic E-state index is -1.42. The summed E-state index contributed by atoms with van der Waals surface area (Å²) in [4.78, 5) is 26.0. The van der Waals surface area contributed by atoms with Gasteiger partial charge in [0.15, 0.2) is 6.10 Å². The standard InChI is InChI=1S/C12H23N3O4/c1-14-6-4-9(7-14)8-15(2)12(19)13-5-3-10(16)11(17)18/h9-10,16H,3-8H2,1-2H3,(H,13,19)(H,17,18)/t9?,10-/m0/s1. The molecule has 0 aliphatic carbocycles. The number of nitrogens with zero attached hydrogens (tertiary/aromatic N) is 2. The fourth-order valence-electron chi connectivity index (χ4n) is 2.22. The number of carbonyl (C=O) groups excluding carboxylic acids is 1. The zero-order chi connectivity index (χ0) is 14.4. The van der Waals surface area contributed by atoms with Crippen LogP contribution in [0.3, 0.4) is 0 Å². The van der Waals surface area contributed by atoms with Crippen molar-refractivity contribution < 1.29 is 19.8 Å². The van der Waals surface area contributed by atoms with Crippen LogP contribution in [0.2, 0.25) is 0 Å². The molecule has 1 unspecified atom stereocenters. The van der Waals surface area contributed by atoms with Gasteiger partial charge in [-0.25, -0.2) is 9.59 Å². The highest BCUT2D eigenvalue weighted by Gasteiger charge is 2.22. The van der Waals surface area contributed by atoms with Crippen LogP contribution in [0.4, 0.5) is 4.79 Å². The van der Waals surface area contributed by atoms with Crippen molar-refractivity contribution in [3.63, 3.8) is 0 Å². The number of nitrogens with one attached hydrogen (secondary N) is 1. The first-order valence-corrected chi connectivity index (χ1v) is 6.48. The summed E-state index contributed by atoms with van der Waals surface area (Å²) in [7, 11) is 3.79. The molecule has 19 heavy (non-hydrogen) atoms. The minimum Gasteiger partial charge on any atom is -0.479 e. The molecular formula is C12H23N3O4. The number of likely N-dealkylation sites (tertiary alicyclic amines) is 1. The Morgan fingerprint density at radius 3 is 2.74 bits per heavy atom. The van der Waals surface area contributed by atoms with E-state index < -0.39 is 12.1 Å². The molecular weight excluding hydrogens is 250 g/mol. The topological polar surface area (TPSA) is 93.1 Å². The van der Waals surface area contributed by atoms with Crippen LogP contribution >= 0.6 is 0 Å². The number of urea groups is 1. The van der Waals surface area contributed by atoms with Gasteiger partial charge in [-0.05, 0) is 25.9 Å². The van der Waals surface area contributed by atoms with Crippen LogP contribution in [0.15, 0.2) is 0 Å². The maximum atomic E-state index is 11.7. The highest BCUT2D eigenvalue weighted by atomic mass is 16.4. The molecule has 7 nitrogen and oxygen atoms in total. The number of hydrogen-bond acceptors (Lipinski definition) is 4. The third kappa shape index (κ3) is 5.44. The van der Waals surface area contributed by atoms with Gasteiger partial charge in [0, 0.05) is 33.1 Å². The molecule has 1 aliphatic heterocycles. The van der Waals surface area contributed by atoms with Gasteiger partial charge >= 0.3 is 12.0 Å². The van der Waals surface area contributed by atoms with Gasteiger partial charge in [-0.1, -0.05) is 0 Å². The van der Waals surface area contributed by atoms with Crippen molar-refractivity contribution in [1.29, 1.82) is 0 Å². The number of carbonyl (C=O) groups is 2. The molecule has 1 rings (SSSR count). The van der Waals surface area contributed by atoms with E-state index in [-0.39, 0.29) is 19.0 Å². The SMILES string of the molecule is CN1CCC(CN(C)C(=O)NCC[C@H](O)C(=O)O)C1. The maximum absolute atomic E-state index is 11.7. The monoisotopic (exact) mass is 273 g/mol. The van der Waals surface area contributed by atoms with E-state index in [1.54, 1.807) is 11.9 Å². The van der Waals surface area contributed by atoms with Gasteiger partial charge in [0.05, 0.1) is 0 Å². The molecule has 1 fully saturated rings. The lowest BCUT2D eigenvalue weighted by Crippen LogP contribution is -2.41. The molecule has 0 aromatic heterocycles. The second kappa shape index (κ2) is 7.30. The van der Waals surface area contributed by atoms with Gasteiger partial charge < -0.3 is 25.3 Å². The summed E-state index contributed by atoms with van der Waals surface area (Å²) in [5.41, 5.74) is 0. The fraction of sp³-hybridized carbons (Fsp3) is 0.833. The largest absolute Gasteiger partial charge is 0.479 e. The third-order valence-corrected chi connectivity index (χ3v) is 3.35. The van der Waals surface area contributed by atoms with E-state index in [1.807, 2.05) is 0 Å². The molecule has 3 N–H and O–H groups in total. The van der Waals surface area contributed by atoms with Crippen molar-refractivity contribution in [3.05, 3.63) is 0 Å². The number of aliphatic hydroxyl groups is 1. The van der Waals surface area contributed by atoms with Crippen molar-refractivity contribution in [2.75, 3.05) is 40.3 Å². The summed E-state index contributed by atoms with van der Waals surface area (Å²) in [6, 6.07) is -0.229. The Bertz CT molecular complexity index is 324. The van der Waals surface area contributed by atoms with E-state index in [1.165, 1.54) is 0 Å². The lowest BCUT2D eigenvalue weighted by Gasteiger charge is -2.21. The second-order valence-corrected chi connectivity index (χ2v) is 5.17. The zero-order valence-electron chi connectivity index (χ0n) is 11.5. The molecule has 0 bridgehead atoms. The van der Waals surface area contributed by atoms with Gasteiger partial charge in [-0.3, -0.25) is 0 Å². The van der Waals surface area contributed by atoms with Crippen LogP contribution in [-0.4, -0.2) is 78.4 Å². The average molecular weight is 273 g/mol. The first-order valence-electron chi connectivity index (χ1n) is 6.48. The average Bonchev–Trinajstić information content (AvgIpc) is 2.74. The molecule has 0 radical (unpaired) electrons. The van der Waals surface area contributed by atoms with Crippen molar-refractivity contribution in [1.82, 2.24) is 15.1 Å². The number of hydrogen-bond donors (Lipinski definition) is 3. The predicted octanol–water partition coefficient (Wildman–Crippen LogP) is -0.585. The Morgan fingerprint density at radius 2 is 2.21 bits per heavy atom. The van der Waals surface area contributed by atoms with E-state index in [4.69, 9.17) is 10.2 Å². The molecule has 0 saturated carbocycles. The lowest BCUT2D eigenvalue weighted by molar-refractivity contribution is -0.146. The van der Waals surface area contributed by atoms with E-state index in [0.29, 0.717) is 12.5 Å². The maximum Gasteiger partial charge on any atom is 0.332 e. The Hall–Kier alpha value is -1.34. The molecule has 1 heterocycles. The van der Waals surface area contributed by atoms with Crippen LogP contribution in [0.1, 0.15) is 12.8 Å². The fourth-order valence-corrected chi connectivity index (χ4v) is 2.22. The first-order chi connectivity index (χ1) is 8.90. The Kier molecular flexibility index (Phi) is 6.04. The van der Waals surface area contributed by atoms with Gasteiger partial charge in [-0.15, -0.1) is 0 Å². The highest BCUT2D eigenvalue weighted by molar-refractivity contribution is 5.74.